The Morgan fingerprint density at radius 2 is 2.00 bits per heavy atom. The highest BCUT2D eigenvalue weighted by Gasteiger charge is 2.20. The first-order valence-electron chi connectivity index (χ1n) is 8.46. The number of nitrogens with zero attached hydrogens (tertiary/aromatic N) is 2. The number of nitro groups is 1. The number of carbonyl (C=O) groups excluding carboxylic acids is 1. The Morgan fingerprint density at radius 3 is 2.69 bits per heavy atom. The van der Waals surface area contributed by atoms with Crippen molar-refractivity contribution in [2.75, 3.05) is 12.4 Å². The summed E-state index contributed by atoms with van der Waals surface area (Å²) in [6, 6.07) is 12.5. The summed E-state index contributed by atoms with van der Waals surface area (Å²) in [6.45, 7) is 0.0698. The van der Waals surface area contributed by atoms with E-state index >= 15 is 0 Å². The number of halogens is 1. The van der Waals surface area contributed by atoms with Gasteiger partial charge < -0.3 is 14.6 Å². The molecular formula is C20H16FN3O5. The van der Waals surface area contributed by atoms with Gasteiger partial charge in [-0.2, -0.15) is 0 Å². The van der Waals surface area contributed by atoms with Crippen LogP contribution in [0.2, 0.25) is 0 Å². The van der Waals surface area contributed by atoms with Crippen LogP contribution in [0.4, 0.5) is 15.8 Å². The van der Waals surface area contributed by atoms with Crippen molar-refractivity contribution in [3.8, 4) is 5.75 Å². The van der Waals surface area contributed by atoms with E-state index in [9.17, 15) is 24.1 Å². The highest BCUT2D eigenvalue weighted by Crippen LogP contribution is 2.29. The minimum Gasteiger partial charge on any atom is -0.496 e. The third-order valence-corrected chi connectivity index (χ3v) is 4.16. The summed E-state index contributed by atoms with van der Waals surface area (Å²) in [4.78, 5) is 35.8. The summed E-state index contributed by atoms with van der Waals surface area (Å²) >= 11 is 0. The number of rotatable bonds is 6. The van der Waals surface area contributed by atoms with Crippen molar-refractivity contribution in [1.82, 2.24) is 4.57 Å². The molecule has 0 spiro atoms. The average molecular weight is 397 g/mol. The zero-order valence-electron chi connectivity index (χ0n) is 15.3. The minimum atomic E-state index is -0.795. The predicted octanol–water partition coefficient (Wildman–Crippen LogP) is 3.20. The summed E-state index contributed by atoms with van der Waals surface area (Å²) in [5, 5.41) is 13.7. The van der Waals surface area contributed by atoms with Gasteiger partial charge in [0.25, 0.3) is 17.2 Å². The van der Waals surface area contributed by atoms with Crippen LogP contribution >= 0.6 is 0 Å². The van der Waals surface area contributed by atoms with Crippen molar-refractivity contribution in [3.05, 3.63) is 98.2 Å². The molecule has 1 aromatic heterocycles. The number of nitrogens with one attached hydrogen (secondary N) is 1. The number of anilines is 1. The van der Waals surface area contributed by atoms with E-state index in [0.29, 0.717) is 5.56 Å². The normalized spacial score (nSPS) is 10.4. The van der Waals surface area contributed by atoms with E-state index in [1.54, 1.807) is 6.07 Å². The smallest absolute Gasteiger partial charge is 0.296 e. The summed E-state index contributed by atoms with van der Waals surface area (Å²) in [5.74, 6) is -0.972. The molecule has 0 saturated carbocycles. The fraction of sp³-hybridized carbons (Fsp3) is 0.100. The third kappa shape index (κ3) is 4.46. The van der Waals surface area contributed by atoms with Crippen molar-refractivity contribution in [2.45, 2.75) is 6.54 Å². The van der Waals surface area contributed by atoms with Gasteiger partial charge in [0.1, 0.15) is 22.8 Å². The first-order valence-corrected chi connectivity index (χ1v) is 8.46. The van der Waals surface area contributed by atoms with Crippen LogP contribution in [0.5, 0.6) is 5.75 Å². The maximum atomic E-state index is 13.4. The minimum absolute atomic E-state index is 0.0688. The molecule has 3 rings (SSSR count). The van der Waals surface area contributed by atoms with Gasteiger partial charge in [0.05, 0.1) is 24.6 Å². The molecule has 0 saturated heterocycles. The molecule has 0 atom stereocenters. The van der Waals surface area contributed by atoms with Crippen LogP contribution in [0.1, 0.15) is 15.9 Å². The van der Waals surface area contributed by atoms with Gasteiger partial charge in [0, 0.05) is 6.20 Å². The highest BCUT2D eigenvalue weighted by molar-refractivity contribution is 6.05. The molecule has 1 heterocycles. The second kappa shape index (κ2) is 8.34. The number of hydrogen-bond acceptors (Lipinski definition) is 5. The van der Waals surface area contributed by atoms with Gasteiger partial charge in [-0.15, -0.1) is 0 Å². The lowest BCUT2D eigenvalue weighted by atomic mass is 10.2. The average Bonchev–Trinajstić information content (AvgIpc) is 2.69. The number of nitro benzene ring substituents is 1. The Labute approximate surface area is 164 Å². The van der Waals surface area contributed by atoms with Crippen molar-refractivity contribution < 1.29 is 18.8 Å². The Balaban J connectivity index is 1.89. The van der Waals surface area contributed by atoms with Crippen LogP contribution in [0.3, 0.4) is 0 Å². The molecule has 2 aromatic carbocycles. The van der Waals surface area contributed by atoms with E-state index in [2.05, 4.69) is 5.32 Å². The molecule has 0 aliphatic rings. The molecule has 0 aliphatic carbocycles. The highest BCUT2D eigenvalue weighted by atomic mass is 19.1. The van der Waals surface area contributed by atoms with E-state index < -0.39 is 22.2 Å². The number of methoxy groups -OCH3 is 1. The number of ether oxygens (including phenoxy) is 1. The van der Waals surface area contributed by atoms with E-state index in [4.69, 9.17) is 4.74 Å². The standard InChI is InChI=1S/C20H16FN3O5/c1-29-15-7-8-17(18(11-15)24(27)28)22-19(25)16-6-3-9-23(20(16)26)12-13-4-2-5-14(21)10-13/h2-11H,12H2,1H3,(H,22,25). The molecule has 1 amide bonds. The summed E-state index contributed by atoms with van der Waals surface area (Å²) in [5.41, 5.74) is -0.690. The van der Waals surface area contributed by atoms with Gasteiger partial charge in [-0.05, 0) is 42.0 Å². The molecule has 0 fully saturated rings. The molecule has 0 unspecified atom stereocenters. The number of benzene rings is 2. The first-order chi connectivity index (χ1) is 13.9. The summed E-state index contributed by atoms with van der Waals surface area (Å²) < 4.78 is 19.6. The van der Waals surface area contributed by atoms with Crippen molar-refractivity contribution in [2.24, 2.45) is 0 Å². The Bertz CT molecular complexity index is 1140. The summed E-state index contributed by atoms with van der Waals surface area (Å²) in [7, 11) is 1.36. The molecule has 0 aliphatic heterocycles. The monoisotopic (exact) mass is 397 g/mol. The number of carbonyl (C=O) groups is 1. The van der Waals surface area contributed by atoms with Crippen LogP contribution in [0.15, 0.2) is 65.6 Å². The predicted molar refractivity (Wildman–Crippen MR) is 104 cm³/mol. The molecule has 148 valence electrons. The lowest BCUT2D eigenvalue weighted by Gasteiger charge is -2.10. The fourth-order valence-corrected chi connectivity index (χ4v) is 2.75. The van der Waals surface area contributed by atoms with Crippen LogP contribution in [0, 0.1) is 15.9 Å². The second-order valence-electron chi connectivity index (χ2n) is 6.08. The summed E-state index contributed by atoms with van der Waals surface area (Å²) in [6.07, 6.45) is 1.47. The Hall–Kier alpha value is -4.01. The van der Waals surface area contributed by atoms with Gasteiger partial charge in [-0.3, -0.25) is 19.7 Å². The zero-order chi connectivity index (χ0) is 21.0. The van der Waals surface area contributed by atoms with Crippen molar-refractivity contribution >= 4 is 17.3 Å². The number of hydrogen-bond donors (Lipinski definition) is 1. The maximum Gasteiger partial charge on any atom is 0.296 e. The van der Waals surface area contributed by atoms with Gasteiger partial charge in [0.2, 0.25) is 0 Å². The van der Waals surface area contributed by atoms with E-state index in [1.807, 2.05) is 0 Å². The van der Waals surface area contributed by atoms with E-state index in [1.165, 1.54) is 66.4 Å². The number of amides is 1. The molecule has 0 bridgehead atoms. The zero-order valence-corrected chi connectivity index (χ0v) is 15.3. The maximum absolute atomic E-state index is 13.4. The van der Waals surface area contributed by atoms with Crippen LogP contribution < -0.4 is 15.6 Å². The van der Waals surface area contributed by atoms with Crippen LogP contribution in [0.25, 0.3) is 0 Å². The van der Waals surface area contributed by atoms with Gasteiger partial charge in [-0.1, -0.05) is 12.1 Å². The van der Waals surface area contributed by atoms with Gasteiger partial charge in [-0.25, -0.2) is 4.39 Å². The molecule has 9 heteroatoms. The molecule has 1 N–H and O–H groups in total. The molecule has 3 aromatic rings. The van der Waals surface area contributed by atoms with Crippen molar-refractivity contribution in [1.29, 1.82) is 0 Å². The quantitative estimate of drug-likeness (QED) is 0.508. The van der Waals surface area contributed by atoms with Crippen LogP contribution in [-0.4, -0.2) is 22.5 Å². The van der Waals surface area contributed by atoms with Crippen molar-refractivity contribution in [3.63, 3.8) is 0 Å². The molecule has 0 radical (unpaired) electrons. The van der Waals surface area contributed by atoms with E-state index in [-0.39, 0.29) is 29.2 Å². The number of pyridine rings is 1. The number of aromatic nitrogens is 1. The molecule has 8 nitrogen and oxygen atoms in total. The van der Waals surface area contributed by atoms with Crippen LogP contribution in [-0.2, 0) is 6.54 Å². The second-order valence-corrected chi connectivity index (χ2v) is 6.08. The topological polar surface area (TPSA) is 103 Å². The van der Waals surface area contributed by atoms with Gasteiger partial charge >= 0.3 is 0 Å². The molecule has 29 heavy (non-hydrogen) atoms. The van der Waals surface area contributed by atoms with Gasteiger partial charge in [0.15, 0.2) is 0 Å². The van der Waals surface area contributed by atoms with E-state index in [0.717, 1.165) is 0 Å². The Morgan fingerprint density at radius 1 is 1.21 bits per heavy atom. The largest absolute Gasteiger partial charge is 0.496 e. The molecular weight excluding hydrogens is 381 g/mol. The third-order valence-electron chi connectivity index (χ3n) is 4.16. The Kier molecular flexibility index (Phi) is 5.68. The first kappa shape index (κ1) is 19.7. The SMILES string of the molecule is COc1ccc(NC(=O)c2cccn(Cc3cccc(F)c3)c2=O)c([N+](=O)[O-])c1. The lowest BCUT2D eigenvalue weighted by Crippen LogP contribution is -2.29. The lowest BCUT2D eigenvalue weighted by molar-refractivity contribution is -0.384. The fourth-order valence-electron chi connectivity index (χ4n) is 2.75.